The molecule has 0 saturated carbocycles. The molecule has 2 aliphatic heterocycles. The minimum absolute atomic E-state index is 0.0471. The van der Waals surface area contributed by atoms with E-state index in [9.17, 15) is 18.0 Å². The molecule has 0 radical (unpaired) electrons. The Hall–Kier alpha value is -2.17. The van der Waals surface area contributed by atoms with Gasteiger partial charge in [0.2, 0.25) is 15.9 Å². The highest BCUT2D eigenvalue weighted by Gasteiger charge is 2.30. The molecular weight excluding hydrogens is 408 g/mol. The minimum atomic E-state index is -3.20. The van der Waals surface area contributed by atoms with E-state index in [4.69, 9.17) is 4.74 Å². The van der Waals surface area contributed by atoms with Crippen LogP contribution in [0.25, 0.3) is 0 Å². The standard InChI is InChI=1S/C20H30N4O5S/c1-16-14-23(18-6-4-17(5-7-18)20(26)29-2)9-8-22(16)15-19(25)21-10-12-24(13-11-21)30(3,27)28/h4-7,16H,8-15H2,1-3H3. The van der Waals surface area contributed by atoms with E-state index in [1.165, 1.54) is 17.7 Å². The number of amides is 1. The fourth-order valence-electron chi connectivity index (χ4n) is 3.93. The summed E-state index contributed by atoms with van der Waals surface area (Å²) in [6, 6.07) is 7.55. The van der Waals surface area contributed by atoms with Gasteiger partial charge in [-0.2, -0.15) is 4.31 Å². The van der Waals surface area contributed by atoms with Gasteiger partial charge >= 0.3 is 5.97 Å². The maximum absolute atomic E-state index is 12.7. The number of ether oxygens (including phenoxy) is 1. The van der Waals surface area contributed by atoms with E-state index in [0.717, 1.165) is 25.3 Å². The van der Waals surface area contributed by atoms with Crippen LogP contribution in [0.5, 0.6) is 0 Å². The fraction of sp³-hybridized carbons (Fsp3) is 0.600. The lowest BCUT2D eigenvalue weighted by atomic mass is 10.1. The van der Waals surface area contributed by atoms with Gasteiger partial charge in [-0.25, -0.2) is 13.2 Å². The monoisotopic (exact) mass is 438 g/mol. The van der Waals surface area contributed by atoms with Crippen LogP contribution in [0.15, 0.2) is 24.3 Å². The van der Waals surface area contributed by atoms with Crippen molar-refractivity contribution in [3.8, 4) is 0 Å². The molecule has 9 nitrogen and oxygen atoms in total. The SMILES string of the molecule is COC(=O)c1ccc(N2CCN(CC(=O)N3CCN(S(C)(=O)=O)CC3)C(C)C2)cc1. The van der Waals surface area contributed by atoms with Gasteiger partial charge in [0.25, 0.3) is 0 Å². The third-order valence-electron chi connectivity index (χ3n) is 5.82. The first-order valence-corrected chi connectivity index (χ1v) is 11.9. The lowest BCUT2D eigenvalue weighted by molar-refractivity contribution is -0.134. The van der Waals surface area contributed by atoms with Crippen molar-refractivity contribution in [2.45, 2.75) is 13.0 Å². The van der Waals surface area contributed by atoms with Gasteiger partial charge in [0.15, 0.2) is 0 Å². The molecule has 1 unspecified atom stereocenters. The zero-order chi connectivity index (χ0) is 21.9. The summed E-state index contributed by atoms with van der Waals surface area (Å²) in [6.45, 7) is 6.36. The first kappa shape index (κ1) is 22.5. The molecular formula is C20H30N4O5S. The Kier molecular flexibility index (Phi) is 6.99. The number of sulfonamides is 1. The molecule has 1 amide bonds. The number of carbonyl (C=O) groups excluding carboxylic acids is 2. The second-order valence-electron chi connectivity index (χ2n) is 7.85. The van der Waals surface area contributed by atoms with E-state index in [0.29, 0.717) is 38.3 Å². The number of nitrogens with zero attached hydrogens (tertiary/aromatic N) is 4. The summed E-state index contributed by atoms with van der Waals surface area (Å²) in [4.78, 5) is 30.5. The van der Waals surface area contributed by atoms with Crippen LogP contribution in [0.2, 0.25) is 0 Å². The molecule has 0 bridgehead atoms. The summed E-state index contributed by atoms with van der Waals surface area (Å²) in [7, 11) is -1.83. The second kappa shape index (κ2) is 9.32. The molecule has 30 heavy (non-hydrogen) atoms. The van der Waals surface area contributed by atoms with Gasteiger partial charge in [0, 0.05) is 57.5 Å². The topological polar surface area (TPSA) is 90.5 Å². The molecule has 0 spiro atoms. The predicted molar refractivity (Wildman–Crippen MR) is 114 cm³/mol. The second-order valence-corrected chi connectivity index (χ2v) is 9.83. The summed E-state index contributed by atoms with van der Waals surface area (Å²) < 4.78 is 29.4. The summed E-state index contributed by atoms with van der Waals surface area (Å²) in [5, 5.41) is 0. The van der Waals surface area contributed by atoms with E-state index in [1.54, 1.807) is 17.0 Å². The molecule has 0 aliphatic carbocycles. The van der Waals surface area contributed by atoms with Crippen molar-refractivity contribution in [3.63, 3.8) is 0 Å². The smallest absolute Gasteiger partial charge is 0.337 e. The molecule has 2 heterocycles. The Morgan fingerprint density at radius 3 is 2.20 bits per heavy atom. The Balaban J connectivity index is 1.51. The number of hydrogen-bond donors (Lipinski definition) is 0. The van der Waals surface area contributed by atoms with Crippen molar-refractivity contribution >= 4 is 27.6 Å². The molecule has 10 heteroatoms. The predicted octanol–water partition coefficient (Wildman–Crippen LogP) is 0.0875. The van der Waals surface area contributed by atoms with Crippen LogP contribution in [0.3, 0.4) is 0 Å². The summed E-state index contributed by atoms with van der Waals surface area (Å²) in [6.07, 6.45) is 1.20. The van der Waals surface area contributed by atoms with Crippen molar-refractivity contribution in [1.29, 1.82) is 0 Å². The first-order valence-electron chi connectivity index (χ1n) is 10.1. The quantitative estimate of drug-likeness (QED) is 0.602. The minimum Gasteiger partial charge on any atom is -0.465 e. The first-order chi connectivity index (χ1) is 14.2. The largest absolute Gasteiger partial charge is 0.465 e. The molecule has 1 aromatic rings. The lowest BCUT2D eigenvalue weighted by Crippen LogP contribution is -2.57. The van der Waals surface area contributed by atoms with Crippen LogP contribution >= 0.6 is 0 Å². The van der Waals surface area contributed by atoms with Crippen molar-refractivity contribution in [1.82, 2.24) is 14.1 Å². The summed E-state index contributed by atoms with van der Waals surface area (Å²) >= 11 is 0. The van der Waals surface area contributed by atoms with Crippen LogP contribution in [-0.4, -0.2) is 106 Å². The van der Waals surface area contributed by atoms with Crippen molar-refractivity contribution in [2.75, 3.05) is 70.6 Å². The average molecular weight is 439 g/mol. The molecule has 2 saturated heterocycles. The molecule has 2 aliphatic rings. The number of hydrogen-bond acceptors (Lipinski definition) is 7. The molecule has 3 rings (SSSR count). The molecule has 0 N–H and O–H groups in total. The van der Waals surface area contributed by atoms with Crippen LogP contribution in [0, 0.1) is 0 Å². The number of esters is 1. The number of benzene rings is 1. The van der Waals surface area contributed by atoms with Crippen LogP contribution in [-0.2, 0) is 19.6 Å². The van der Waals surface area contributed by atoms with Gasteiger partial charge in [0.1, 0.15) is 0 Å². The molecule has 166 valence electrons. The van der Waals surface area contributed by atoms with Crippen LogP contribution in [0.1, 0.15) is 17.3 Å². The maximum atomic E-state index is 12.7. The molecule has 0 aromatic heterocycles. The molecule has 1 aromatic carbocycles. The van der Waals surface area contributed by atoms with Crippen molar-refractivity contribution < 1.29 is 22.7 Å². The van der Waals surface area contributed by atoms with Crippen LogP contribution in [0.4, 0.5) is 5.69 Å². The Morgan fingerprint density at radius 1 is 1.03 bits per heavy atom. The number of piperazine rings is 2. The normalized spacial score (nSPS) is 21.5. The highest BCUT2D eigenvalue weighted by molar-refractivity contribution is 7.88. The zero-order valence-electron chi connectivity index (χ0n) is 17.8. The van der Waals surface area contributed by atoms with Gasteiger partial charge in [-0.15, -0.1) is 0 Å². The zero-order valence-corrected chi connectivity index (χ0v) is 18.6. The van der Waals surface area contributed by atoms with E-state index >= 15 is 0 Å². The third-order valence-corrected chi connectivity index (χ3v) is 7.12. The van der Waals surface area contributed by atoms with Gasteiger partial charge in [-0.05, 0) is 31.2 Å². The Bertz CT molecular complexity index is 866. The van der Waals surface area contributed by atoms with Crippen molar-refractivity contribution in [3.05, 3.63) is 29.8 Å². The van der Waals surface area contributed by atoms with Crippen molar-refractivity contribution in [2.24, 2.45) is 0 Å². The Labute approximate surface area is 178 Å². The average Bonchev–Trinajstić information content (AvgIpc) is 2.74. The van der Waals surface area contributed by atoms with E-state index in [-0.39, 0.29) is 17.9 Å². The van der Waals surface area contributed by atoms with Gasteiger partial charge < -0.3 is 14.5 Å². The summed E-state index contributed by atoms with van der Waals surface area (Å²) in [5.41, 5.74) is 1.56. The van der Waals surface area contributed by atoms with Gasteiger partial charge in [-0.3, -0.25) is 9.69 Å². The third kappa shape index (κ3) is 5.30. The molecule has 1 atom stereocenters. The number of rotatable bonds is 5. The highest BCUT2D eigenvalue weighted by Crippen LogP contribution is 2.20. The van der Waals surface area contributed by atoms with E-state index < -0.39 is 10.0 Å². The fourth-order valence-corrected chi connectivity index (χ4v) is 4.76. The van der Waals surface area contributed by atoms with E-state index in [1.807, 2.05) is 12.1 Å². The Morgan fingerprint density at radius 2 is 1.67 bits per heavy atom. The van der Waals surface area contributed by atoms with Gasteiger partial charge in [0.05, 0.1) is 25.5 Å². The van der Waals surface area contributed by atoms with E-state index in [2.05, 4.69) is 16.7 Å². The summed E-state index contributed by atoms with van der Waals surface area (Å²) in [5.74, 6) is -0.304. The lowest BCUT2D eigenvalue weighted by Gasteiger charge is -2.42. The number of methoxy groups -OCH3 is 1. The molecule has 2 fully saturated rings. The number of anilines is 1. The maximum Gasteiger partial charge on any atom is 0.337 e. The van der Waals surface area contributed by atoms with Gasteiger partial charge in [-0.1, -0.05) is 0 Å². The number of carbonyl (C=O) groups is 2. The van der Waals surface area contributed by atoms with Crippen LogP contribution < -0.4 is 4.90 Å². The highest BCUT2D eigenvalue weighted by atomic mass is 32.2.